The fraction of sp³-hybridized carbons (Fsp3) is 0.631. The molecule has 10 aliphatic heterocycles. The normalized spacial score (nSPS) is 31.5. The molecule has 10 rings (SSSR count). The highest BCUT2D eigenvalue weighted by atomic mass is 31.2. The van der Waals surface area contributed by atoms with Gasteiger partial charge < -0.3 is 137 Å². The number of amidine groups is 5. The third-order valence-electron chi connectivity index (χ3n) is 22.5. The minimum atomic E-state index is -1.97. The number of nitrogens with two attached hydrogens (primary N) is 4. The van der Waals surface area contributed by atoms with E-state index in [-0.39, 0.29) is 23.4 Å². The second-order valence-electron chi connectivity index (χ2n) is 38.1. The van der Waals surface area contributed by atoms with Gasteiger partial charge in [-0.3, -0.25) is 4.79 Å². The average molecular weight is 1840 g/mol. The maximum atomic E-state index is 11.3. The van der Waals surface area contributed by atoms with Crippen LogP contribution in [0.1, 0.15) is 87.0 Å². The quantitative estimate of drug-likeness (QED) is 0.0443. The van der Waals surface area contributed by atoms with E-state index in [1.54, 1.807) is 63.6 Å². The van der Waals surface area contributed by atoms with Crippen molar-refractivity contribution in [3.8, 4) is 0 Å². The van der Waals surface area contributed by atoms with E-state index in [1.165, 1.54) is 11.8 Å². The molecule has 123 heavy (non-hydrogen) atoms. The maximum Gasteiger partial charge on any atom is 0.222 e. The average Bonchev–Trinajstić information content (AvgIpc) is 1.68. The minimum absolute atomic E-state index is 0.0735. The number of aliphatic hydroxyl groups excluding tert-OH is 10. The molecule has 0 aromatic carbocycles. The molecule has 39 heteroatoms. The second kappa shape index (κ2) is 42.8. The largest absolute Gasteiger partial charge is 0.412 e. The molecule has 0 bridgehead atoms. The SMILES string of the molecule is C=C1N=C(N)C(C)=CN1C1OC(CCP(=C)(C)C)[C@@H](O)[C@H]1O.C=C1N=C(N)C(CO)=CN1C1OC(CCP(=C)(C)C)[C@@H](O)[C@H]1O.C=C1N=C(N)C(CO[Si](C)(C)C(C)(C)C)=CN1C1OC(CCP(=C)(C)C)[C@@H](O)[C@H]1O.C=C1N=C(N)C=CN1C1OC(CCP(=C)(C)C)[C@@H](O)[C@]1(C)O.C=C1N=C(NC(C)=O)C(CC)=CN1C1OC(CCP(=C)(C)C)[C@@H](O)[C@H]1O. The molecule has 10 unspecified atom stereocenters. The number of ether oxygens (including phenoxy) is 5. The third kappa shape index (κ3) is 29.2. The molecule has 5 saturated heterocycles. The van der Waals surface area contributed by atoms with Crippen molar-refractivity contribution in [1.29, 1.82) is 0 Å². The fourth-order valence-corrected chi connectivity index (χ4v) is 19.5. The lowest BCUT2D eigenvalue weighted by atomic mass is 9.95. The lowest BCUT2D eigenvalue weighted by Gasteiger charge is -2.37. The van der Waals surface area contributed by atoms with Crippen molar-refractivity contribution in [2.24, 2.45) is 47.9 Å². The summed E-state index contributed by atoms with van der Waals surface area (Å²) in [5.74, 6) is 3.29. The predicted octanol–water partition coefficient (Wildman–Crippen LogP) is 4.44. The van der Waals surface area contributed by atoms with Gasteiger partial charge >= 0.3 is 0 Å². The van der Waals surface area contributed by atoms with Crippen LogP contribution in [0.5, 0.6) is 0 Å². The van der Waals surface area contributed by atoms with Gasteiger partial charge in [0.15, 0.2) is 39.5 Å². The standard InChI is InChI=1S/C21H40N3O4PSi.C18H30N3O4P.C15H26N3O4P.2C15H26N3O3P/c1-14-23-19(22)15(13-27-30(8,9)21(2,3)4)12-24(14)20-18(26)17(25)16(28-20)10-11-29(5,6)7;1-7-13-10-21(11(2)19-17(13)20-12(3)22)18-16(24)15(23)14(25-18)8-9-26(4,5)6;1-9-17-14(16)10(8-19)7-18(9)15-13(21)12(20)11(22-15)5-6-23(2,3)4;1-10-17-12(16)6-8-18(10)14-15(2,20)13(19)11(21-14)7-9-22(3,4)5;1-9-8-18(10(2)17-14(9)16)15-13(20)12(19)11(21-15)6-7-22(3,4)5/h12,16-18,20,25-26H,1,5,10-11,13H2,2-4,6-9H3,(H2,22,23);10,14-16,18,23-24H,2,4,7-9H2,1,3,5-6H3,(H,19,20,22);7,11-13,15,19-21H,1-2,5-6,8H2,3-4H3,(H2,16,17);6,8,11,13-14,19-20H,1,3,7,9H2,2,4-5H3,(H2,16,17);8,11-13,15,19-20H,2-3,6-7H2,1,4-5H3,(H2,16,17)/t16?,17-,18-,20?;14?,15-,16-,18?;11?,12-,13-,15?;11?,13-,14?,15+;11?,12-,13-,15?/m11111/s1. The van der Waals surface area contributed by atoms with Crippen molar-refractivity contribution in [1.82, 2.24) is 29.8 Å². The maximum absolute atomic E-state index is 11.3. The Morgan fingerprint density at radius 2 is 0.821 bits per heavy atom. The molecule has 0 spiro atoms. The zero-order valence-corrected chi connectivity index (χ0v) is 81.5. The van der Waals surface area contributed by atoms with Crippen LogP contribution in [-0.2, 0) is 32.9 Å². The molecule has 10 aliphatic rings. The van der Waals surface area contributed by atoms with Gasteiger partial charge in [0.25, 0.3) is 0 Å². The molecule has 33 nitrogen and oxygen atoms in total. The first-order valence-electron chi connectivity index (χ1n) is 41.2. The van der Waals surface area contributed by atoms with Crippen molar-refractivity contribution >= 4 is 109 Å². The van der Waals surface area contributed by atoms with Crippen LogP contribution in [0.4, 0.5) is 0 Å². The van der Waals surface area contributed by atoms with Gasteiger partial charge in [0.05, 0.1) is 43.7 Å². The number of aliphatic hydroxyl groups is 11. The van der Waals surface area contributed by atoms with E-state index >= 15 is 0 Å². The lowest BCUT2D eigenvalue weighted by molar-refractivity contribution is -0.117. The summed E-state index contributed by atoms with van der Waals surface area (Å²) in [6.45, 7) is 52.1. The van der Waals surface area contributed by atoms with Crippen LogP contribution < -0.4 is 28.3 Å². The molecule has 10 heterocycles. The van der Waals surface area contributed by atoms with Gasteiger partial charge in [-0.2, -0.15) is 0 Å². The minimum Gasteiger partial charge on any atom is -0.412 e. The molecule has 1 amide bonds. The number of aliphatic imine (C=N–C) groups is 5. The van der Waals surface area contributed by atoms with E-state index in [0.717, 1.165) is 42.0 Å². The van der Waals surface area contributed by atoms with Crippen LogP contribution in [0.25, 0.3) is 0 Å². The van der Waals surface area contributed by atoms with Gasteiger partial charge in [0.1, 0.15) is 119 Å². The van der Waals surface area contributed by atoms with Crippen molar-refractivity contribution in [2.45, 2.75) is 227 Å². The summed E-state index contributed by atoms with van der Waals surface area (Å²) < 4.78 is 35.9. The van der Waals surface area contributed by atoms with Crippen LogP contribution in [0, 0.1) is 0 Å². The first kappa shape index (κ1) is 106. The highest BCUT2D eigenvalue weighted by Gasteiger charge is 2.56. The lowest BCUT2D eigenvalue weighted by Crippen LogP contribution is -2.51. The molecule has 0 aliphatic carbocycles. The van der Waals surface area contributed by atoms with E-state index in [9.17, 15) is 61.0 Å². The predicted molar refractivity (Wildman–Crippen MR) is 515 cm³/mol. The summed E-state index contributed by atoms with van der Waals surface area (Å²) in [5, 5.41) is 116. The van der Waals surface area contributed by atoms with Crippen LogP contribution in [-0.4, -0.2) is 388 Å². The van der Waals surface area contributed by atoms with Crippen LogP contribution in [0.3, 0.4) is 0 Å². The molecule has 696 valence electrons. The molecule has 0 radical (unpaired) electrons. The Labute approximate surface area is 731 Å². The summed E-state index contributed by atoms with van der Waals surface area (Å²) in [5.41, 5.74) is 24.5. The van der Waals surface area contributed by atoms with Gasteiger partial charge in [0, 0.05) is 60.2 Å². The summed E-state index contributed by atoms with van der Waals surface area (Å²) in [6.07, 6.45) is 24.1. The molecule has 0 aromatic heterocycles. The number of nitrogens with one attached hydrogen (secondary N) is 1. The molecule has 20 atom stereocenters. The number of hydrogen-bond acceptors (Lipinski definition) is 32. The van der Waals surface area contributed by atoms with Crippen molar-refractivity contribution in [3.63, 3.8) is 0 Å². The summed E-state index contributed by atoms with van der Waals surface area (Å²) >= 11 is 0. The van der Waals surface area contributed by atoms with Crippen molar-refractivity contribution in [2.75, 3.05) is 111 Å². The molecule has 5 fully saturated rings. The Morgan fingerprint density at radius 3 is 1.15 bits per heavy atom. The van der Waals surface area contributed by atoms with Crippen molar-refractivity contribution in [3.05, 3.63) is 121 Å². The molecular formula is C84H148N15O18P5Si. The number of amides is 1. The Morgan fingerprint density at radius 1 is 0.504 bits per heavy atom. The number of rotatable bonds is 25. The number of nitrogens with zero attached hydrogens (tertiary/aromatic N) is 10. The van der Waals surface area contributed by atoms with E-state index in [1.807, 2.05) is 13.8 Å². The Kier molecular flexibility index (Phi) is 37.0. The topological polar surface area (TPSA) is 489 Å². The van der Waals surface area contributed by atoms with E-state index in [0.29, 0.717) is 109 Å². The Hall–Kier alpha value is -5.54. The Bertz CT molecular complexity index is 4430. The summed E-state index contributed by atoms with van der Waals surface area (Å²) in [7, 11) is -1.97. The smallest absolute Gasteiger partial charge is 0.222 e. The van der Waals surface area contributed by atoms with E-state index in [4.69, 9.17) is 51.0 Å². The molecule has 20 N–H and O–H groups in total. The number of carbonyl (C=O) groups excluding carboxylic acids is 1. The zero-order chi connectivity index (χ0) is 93.4. The van der Waals surface area contributed by atoms with Gasteiger partial charge in [-0.05, 0) is 174 Å². The third-order valence-corrected chi connectivity index (χ3v) is 34.3. The van der Waals surface area contributed by atoms with Crippen LogP contribution in [0.2, 0.25) is 18.1 Å². The van der Waals surface area contributed by atoms with Crippen LogP contribution in [0.15, 0.2) is 146 Å². The first-order valence-corrected chi connectivity index (χ1v) is 59.3. The van der Waals surface area contributed by atoms with E-state index in [2.05, 4.69) is 195 Å². The number of carbonyl (C=O) groups is 1. The van der Waals surface area contributed by atoms with Gasteiger partial charge in [-0.25, -0.2) is 25.0 Å². The highest BCUT2D eigenvalue weighted by molar-refractivity contribution is 7.73. The number of hydrogen-bond donors (Lipinski definition) is 16. The molecule has 0 saturated carbocycles. The van der Waals surface area contributed by atoms with Gasteiger partial charge in [0.2, 0.25) is 5.91 Å². The van der Waals surface area contributed by atoms with Gasteiger partial charge in [-0.15, -0.1) is 65.9 Å². The zero-order valence-electron chi connectivity index (χ0n) is 76.0. The van der Waals surface area contributed by atoms with Crippen LogP contribution >= 0.6 is 34.4 Å². The monoisotopic (exact) mass is 1840 g/mol. The van der Waals surface area contributed by atoms with Crippen molar-refractivity contribution < 1.29 is 89.1 Å². The van der Waals surface area contributed by atoms with E-state index < -0.39 is 165 Å². The second-order valence-corrected chi connectivity index (χ2v) is 64.5. The molecular weight excluding hydrogens is 1690 g/mol. The first-order chi connectivity index (χ1) is 56.3. The highest BCUT2D eigenvalue weighted by Crippen LogP contribution is 2.46. The van der Waals surface area contributed by atoms with Gasteiger partial charge in [-0.1, -0.05) is 60.6 Å². The fourth-order valence-electron chi connectivity index (χ4n) is 13.8. The summed E-state index contributed by atoms with van der Waals surface area (Å²) in [4.78, 5) is 40.3. The summed E-state index contributed by atoms with van der Waals surface area (Å²) in [6, 6.07) is 0. The molecule has 0 aromatic rings. The Balaban J connectivity index is 0.000000239.